The highest BCUT2D eigenvalue weighted by Gasteiger charge is 2.30. The number of carbonyl (C=O) groups is 2. The summed E-state index contributed by atoms with van der Waals surface area (Å²) in [7, 11) is 0. The first-order valence-electron chi connectivity index (χ1n) is 8.65. The lowest BCUT2D eigenvalue weighted by Crippen LogP contribution is -2.49. The summed E-state index contributed by atoms with van der Waals surface area (Å²) in [6.45, 7) is 7.56. The lowest BCUT2D eigenvalue weighted by molar-refractivity contribution is -0.127. The third kappa shape index (κ3) is 5.20. The van der Waals surface area contributed by atoms with Gasteiger partial charge >= 0.3 is 0 Å². The van der Waals surface area contributed by atoms with Crippen LogP contribution in [0.4, 0.5) is 5.82 Å². The van der Waals surface area contributed by atoms with Crippen molar-refractivity contribution >= 4 is 29.4 Å². The summed E-state index contributed by atoms with van der Waals surface area (Å²) in [5.74, 6) is 1.56. The van der Waals surface area contributed by atoms with Crippen molar-refractivity contribution in [3.05, 3.63) is 11.8 Å². The number of piperazine rings is 1. The highest BCUT2D eigenvalue weighted by molar-refractivity contribution is 8.00. The molecule has 1 unspecified atom stereocenters. The molecule has 9 heteroatoms. The van der Waals surface area contributed by atoms with Crippen LogP contribution in [0.25, 0.3) is 0 Å². The van der Waals surface area contributed by atoms with E-state index in [1.54, 1.807) is 13.0 Å². The molecule has 2 aliphatic rings. The fraction of sp³-hybridized carbons (Fsp3) is 0.688. The van der Waals surface area contributed by atoms with Gasteiger partial charge in [-0.3, -0.25) is 14.5 Å². The average Bonchev–Trinajstić information content (AvgIpc) is 3.25. The number of carbonyl (C=O) groups excluding carboxylic acids is 2. The predicted molar refractivity (Wildman–Crippen MR) is 96.6 cm³/mol. The van der Waals surface area contributed by atoms with E-state index in [0.717, 1.165) is 45.7 Å². The maximum absolute atomic E-state index is 12.3. The van der Waals surface area contributed by atoms with Crippen molar-refractivity contribution in [2.75, 3.05) is 56.1 Å². The minimum absolute atomic E-state index is 0.118. The SMILES string of the molecule is Cc1cc(NC(=O)CSCC(=O)N2CCC(N3CCNCC3)C2)no1. The molecule has 3 heterocycles. The molecule has 1 aromatic rings. The number of anilines is 1. The number of rotatable bonds is 6. The van der Waals surface area contributed by atoms with E-state index < -0.39 is 0 Å². The molecule has 2 aliphatic heterocycles. The fourth-order valence-corrected chi connectivity index (χ4v) is 3.96. The smallest absolute Gasteiger partial charge is 0.235 e. The zero-order valence-corrected chi connectivity index (χ0v) is 15.3. The summed E-state index contributed by atoms with van der Waals surface area (Å²) in [4.78, 5) is 28.6. The van der Waals surface area contributed by atoms with Crippen LogP contribution < -0.4 is 10.6 Å². The predicted octanol–water partition coefficient (Wildman–Crippen LogP) is 0.161. The van der Waals surface area contributed by atoms with Gasteiger partial charge in [0.05, 0.1) is 11.5 Å². The fourth-order valence-electron chi connectivity index (χ4n) is 3.24. The molecular weight excluding hydrogens is 342 g/mol. The van der Waals surface area contributed by atoms with Crippen molar-refractivity contribution in [3.63, 3.8) is 0 Å². The zero-order chi connectivity index (χ0) is 17.6. The Morgan fingerprint density at radius 3 is 2.88 bits per heavy atom. The number of thioether (sulfide) groups is 1. The molecule has 1 atom stereocenters. The second-order valence-corrected chi connectivity index (χ2v) is 7.42. The van der Waals surface area contributed by atoms with Gasteiger partial charge in [0.2, 0.25) is 11.8 Å². The van der Waals surface area contributed by atoms with Gasteiger partial charge in [0.25, 0.3) is 0 Å². The van der Waals surface area contributed by atoms with Gasteiger partial charge in [-0.2, -0.15) is 0 Å². The Labute approximate surface area is 151 Å². The van der Waals surface area contributed by atoms with Gasteiger partial charge in [0, 0.05) is 51.4 Å². The summed E-state index contributed by atoms with van der Waals surface area (Å²) in [6, 6.07) is 2.14. The van der Waals surface area contributed by atoms with E-state index >= 15 is 0 Å². The first kappa shape index (κ1) is 18.2. The Morgan fingerprint density at radius 2 is 2.16 bits per heavy atom. The molecule has 0 aromatic carbocycles. The molecule has 2 amide bonds. The van der Waals surface area contributed by atoms with Crippen LogP contribution in [0.15, 0.2) is 10.6 Å². The Hall–Kier alpha value is -1.58. The number of amides is 2. The van der Waals surface area contributed by atoms with Crippen molar-refractivity contribution in [2.24, 2.45) is 0 Å². The molecule has 3 rings (SSSR count). The van der Waals surface area contributed by atoms with Crippen molar-refractivity contribution in [3.8, 4) is 0 Å². The standard InChI is InChI=1S/C16H25N5O3S/c1-12-8-14(19-24-12)18-15(22)10-25-11-16(23)21-5-2-13(9-21)20-6-3-17-4-7-20/h8,13,17H,2-7,9-11H2,1H3,(H,18,19,22). The van der Waals surface area contributed by atoms with Crippen LogP contribution >= 0.6 is 11.8 Å². The van der Waals surface area contributed by atoms with Gasteiger partial charge < -0.3 is 20.1 Å². The number of hydrogen-bond donors (Lipinski definition) is 2. The molecule has 0 saturated carbocycles. The Bertz CT molecular complexity index is 602. The summed E-state index contributed by atoms with van der Waals surface area (Å²) >= 11 is 1.33. The number of aromatic nitrogens is 1. The van der Waals surface area contributed by atoms with Gasteiger partial charge in [-0.25, -0.2) is 0 Å². The minimum atomic E-state index is -0.175. The second-order valence-electron chi connectivity index (χ2n) is 6.43. The Morgan fingerprint density at radius 1 is 1.36 bits per heavy atom. The first-order valence-corrected chi connectivity index (χ1v) is 9.81. The first-order chi connectivity index (χ1) is 12.1. The molecule has 8 nitrogen and oxygen atoms in total. The van der Waals surface area contributed by atoms with Crippen LogP contribution in [0, 0.1) is 6.92 Å². The van der Waals surface area contributed by atoms with E-state index in [4.69, 9.17) is 4.52 Å². The molecular formula is C16H25N5O3S. The number of aryl methyl sites for hydroxylation is 1. The molecule has 2 N–H and O–H groups in total. The maximum atomic E-state index is 12.3. The van der Waals surface area contributed by atoms with E-state index in [2.05, 4.69) is 20.7 Å². The molecule has 2 saturated heterocycles. The third-order valence-corrected chi connectivity index (χ3v) is 5.46. The average molecular weight is 367 g/mol. The Balaban J connectivity index is 1.34. The summed E-state index contributed by atoms with van der Waals surface area (Å²) < 4.78 is 4.90. The van der Waals surface area contributed by atoms with Gasteiger partial charge in [-0.1, -0.05) is 5.16 Å². The molecule has 0 bridgehead atoms. The Kier molecular flexibility index (Phi) is 6.33. The van der Waals surface area contributed by atoms with E-state index in [9.17, 15) is 9.59 Å². The van der Waals surface area contributed by atoms with Crippen LogP contribution in [0.2, 0.25) is 0 Å². The second kappa shape index (κ2) is 8.68. The topological polar surface area (TPSA) is 90.7 Å². The highest BCUT2D eigenvalue weighted by Crippen LogP contribution is 2.17. The molecule has 138 valence electrons. The maximum Gasteiger partial charge on any atom is 0.235 e. The summed E-state index contributed by atoms with van der Waals surface area (Å²) in [5, 5.41) is 9.72. The minimum Gasteiger partial charge on any atom is -0.360 e. The van der Waals surface area contributed by atoms with E-state index in [0.29, 0.717) is 23.4 Å². The normalized spacial score (nSPS) is 21.5. The molecule has 2 fully saturated rings. The van der Waals surface area contributed by atoms with Gasteiger partial charge in [0.1, 0.15) is 5.76 Å². The molecule has 25 heavy (non-hydrogen) atoms. The van der Waals surface area contributed by atoms with E-state index in [1.807, 2.05) is 4.90 Å². The van der Waals surface area contributed by atoms with Crippen molar-refractivity contribution in [2.45, 2.75) is 19.4 Å². The number of nitrogens with one attached hydrogen (secondary N) is 2. The van der Waals surface area contributed by atoms with E-state index in [-0.39, 0.29) is 17.6 Å². The zero-order valence-electron chi connectivity index (χ0n) is 14.5. The van der Waals surface area contributed by atoms with E-state index in [1.165, 1.54) is 11.8 Å². The van der Waals surface area contributed by atoms with Crippen molar-refractivity contribution in [1.82, 2.24) is 20.3 Å². The quantitative estimate of drug-likeness (QED) is 0.740. The number of likely N-dealkylation sites (tertiary alicyclic amines) is 1. The largest absolute Gasteiger partial charge is 0.360 e. The number of hydrogen-bond acceptors (Lipinski definition) is 7. The van der Waals surface area contributed by atoms with Crippen molar-refractivity contribution < 1.29 is 14.1 Å². The van der Waals surface area contributed by atoms with Gasteiger partial charge in [0.15, 0.2) is 5.82 Å². The van der Waals surface area contributed by atoms with Crippen LogP contribution in [-0.2, 0) is 9.59 Å². The molecule has 1 aromatic heterocycles. The lowest BCUT2D eigenvalue weighted by Gasteiger charge is -2.32. The third-order valence-electron chi connectivity index (χ3n) is 4.54. The van der Waals surface area contributed by atoms with Gasteiger partial charge in [-0.15, -0.1) is 11.8 Å². The number of nitrogens with zero attached hydrogens (tertiary/aromatic N) is 3. The summed E-state index contributed by atoms with van der Waals surface area (Å²) in [6.07, 6.45) is 1.04. The van der Waals surface area contributed by atoms with Crippen LogP contribution in [0.1, 0.15) is 12.2 Å². The van der Waals surface area contributed by atoms with Crippen LogP contribution in [0.3, 0.4) is 0 Å². The van der Waals surface area contributed by atoms with Crippen LogP contribution in [0.5, 0.6) is 0 Å². The summed E-state index contributed by atoms with van der Waals surface area (Å²) in [5.41, 5.74) is 0. The van der Waals surface area contributed by atoms with Crippen LogP contribution in [-0.4, -0.2) is 83.6 Å². The molecule has 0 spiro atoms. The molecule has 0 aliphatic carbocycles. The highest BCUT2D eigenvalue weighted by atomic mass is 32.2. The van der Waals surface area contributed by atoms with Gasteiger partial charge in [-0.05, 0) is 13.3 Å². The monoisotopic (exact) mass is 367 g/mol. The van der Waals surface area contributed by atoms with Crippen molar-refractivity contribution in [1.29, 1.82) is 0 Å². The lowest BCUT2D eigenvalue weighted by atomic mass is 10.2. The molecule has 0 radical (unpaired) electrons.